The van der Waals surface area contributed by atoms with Gasteiger partial charge in [-0.2, -0.15) is 4.98 Å². The lowest BCUT2D eigenvalue weighted by Crippen LogP contribution is -2.51. The van der Waals surface area contributed by atoms with E-state index in [2.05, 4.69) is 40.2 Å². The van der Waals surface area contributed by atoms with Gasteiger partial charge < -0.3 is 9.42 Å². The predicted octanol–water partition coefficient (Wildman–Crippen LogP) is 2.43. The van der Waals surface area contributed by atoms with Gasteiger partial charge in [0.1, 0.15) is 6.54 Å². The molecule has 1 atom stereocenters. The van der Waals surface area contributed by atoms with Crippen LogP contribution in [0.1, 0.15) is 43.6 Å². The van der Waals surface area contributed by atoms with E-state index in [1.54, 1.807) is 0 Å². The van der Waals surface area contributed by atoms with E-state index in [1.807, 2.05) is 24.8 Å². The molecule has 0 saturated heterocycles. The van der Waals surface area contributed by atoms with Crippen molar-refractivity contribution < 1.29 is 9.32 Å². The van der Waals surface area contributed by atoms with Crippen LogP contribution < -0.4 is 0 Å². The molecule has 2 aromatic rings. The van der Waals surface area contributed by atoms with Crippen molar-refractivity contribution in [1.29, 1.82) is 0 Å². The van der Waals surface area contributed by atoms with E-state index in [9.17, 15) is 4.79 Å². The van der Waals surface area contributed by atoms with Crippen molar-refractivity contribution in [2.24, 2.45) is 0 Å². The minimum absolute atomic E-state index is 0.131. The minimum Gasteiger partial charge on any atom is -0.337 e. The van der Waals surface area contributed by atoms with Crippen molar-refractivity contribution in [2.75, 3.05) is 13.1 Å². The van der Waals surface area contributed by atoms with Gasteiger partial charge in [0.15, 0.2) is 5.82 Å². The van der Waals surface area contributed by atoms with Gasteiger partial charge in [-0.15, -0.1) is 0 Å². The first kappa shape index (κ1) is 17.6. The number of aryl methyl sites for hydroxylation is 1. The van der Waals surface area contributed by atoms with Gasteiger partial charge in [-0.25, -0.2) is 0 Å². The number of carbonyl (C=O) groups is 1. The van der Waals surface area contributed by atoms with Gasteiger partial charge in [0.05, 0.1) is 6.04 Å². The summed E-state index contributed by atoms with van der Waals surface area (Å²) in [4.78, 5) is 21.6. The van der Waals surface area contributed by atoms with Crippen LogP contribution in [0.15, 0.2) is 28.8 Å². The molecule has 1 aliphatic rings. The standard InChI is InChI=1S/C19H26N4O2/c1-4-17-20-18(25-21-17)13-23(6-3)19(24)16-11-14-9-7-8-10-15(14)12-22(16)5-2/h7-10,16H,4-6,11-13H2,1-3H3/t16-/m0/s1. The molecule has 0 N–H and O–H groups in total. The predicted molar refractivity (Wildman–Crippen MR) is 94.8 cm³/mol. The van der Waals surface area contributed by atoms with Crippen LogP contribution in [0.25, 0.3) is 0 Å². The summed E-state index contributed by atoms with van der Waals surface area (Å²) in [5.41, 5.74) is 2.59. The molecule has 1 aromatic heterocycles. The summed E-state index contributed by atoms with van der Waals surface area (Å²) < 4.78 is 5.27. The maximum Gasteiger partial charge on any atom is 0.246 e. The van der Waals surface area contributed by atoms with Crippen molar-refractivity contribution in [1.82, 2.24) is 19.9 Å². The first-order chi connectivity index (χ1) is 12.2. The van der Waals surface area contributed by atoms with Gasteiger partial charge in [-0.1, -0.05) is 43.3 Å². The second-order valence-corrected chi connectivity index (χ2v) is 6.36. The van der Waals surface area contributed by atoms with Gasteiger partial charge >= 0.3 is 0 Å². The van der Waals surface area contributed by atoms with Crippen molar-refractivity contribution in [2.45, 2.75) is 52.7 Å². The van der Waals surface area contributed by atoms with E-state index in [4.69, 9.17) is 4.52 Å². The zero-order chi connectivity index (χ0) is 17.8. The summed E-state index contributed by atoms with van der Waals surface area (Å²) in [5, 5.41) is 3.92. The molecular weight excluding hydrogens is 316 g/mol. The summed E-state index contributed by atoms with van der Waals surface area (Å²) in [6.45, 7) is 8.74. The number of carbonyl (C=O) groups excluding carboxylic acids is 1. The van der Waals surface area contributed by atoms with Crippen LogP contribution >= 0.6 is 0 Å². The summed E-state index contributed by atoms with van der Waals surface area (Å²) in [7, 11) is 0. The lowest BCUT2D eigenvalue weighted by molar-refractivity contribution is -0.138. The third kappa shape index (κ3) is 3.74. The van der Waals surface area contributed by atoms with Crippen LogP contribution in [0.2, 0.25) is 0 Å². The number of rotatable bonds is 6. The molecule has 0 saturated carbocycles. The fraction of sp³-hybridized carbons (Fsp3) is 0.526. The molecule has 6 nitrogen and oxygen atoms in total. The molecule has 0 fully saturated rings. The molecule has 1 amide bonds. The van der Waals surface area contributed by atoms with E-state index >= 15 is 0 Å². The third-order valence-corrected chi connectivity index (χ3v) is 4.88. The Balaban J connectivity index is 1.77. The molecule has 1 aliphatic heterocycles. The summed E-state index contributed by atoms with van der Waals surface area (Å²) >= 11 is 0. The van der Waals surface area contributed by atoms with Gasteiger partial charge in [0.2, 0.25) is 11.8 Å². The van der Waals surface area contributed by atoms with Crippen molar-refractivity contribution >= 4 is 5.91 Å². The van der Waals surface area contributed by atoms with Crippen LogP contribution in [-0.2, 0) is 30.7 Å². The second-order valence-electron chi connectivity index (χ2n) is 6.36. The molecule has 0 spiro atoms. The number of hydrogen-bond donors (Lipinski definition) is 0. The molecule has 1 aromatic carbocycles. The molecule has 3 rings (SSSR count). The number of fused-ring (bicyclic) bond motifs is 1. The van der Waals surface area contributed by atoms with E-state index < -0.39 is 0 Å². The smallest absolute Gasteiger partial charge is 0.246 e. The molecule has 0 unspecified atom stereocenters. The zero-order valence-corrected chi connectivity index (χ0v) is 15.2. The quantitative estimate of drug-likeness (QED) is 0.807. The van der Waals surface area contributed by atoms with Crippen LogP contribution in [0.3, 0.4) is 0 Å². The number of likely N-dealkylation sites (N-methyl/N-ethyl adjacent to an activating group) is 2. The highest BCUT2D eigenvalue weighted by atomic mass is 16.5. The zero-order valence-electron chi connectivity index (χ0n) is 15.2. The molecule has 0 bridgehead atoms. The van der Waals surface area contributed by atoms with Gasteiger partial charge in [0, 0.05) is 19.5 Å². The van der Waals surface area contributed by atoms with E-state index in [0.29, 0.717) is 24.8 Å². The molecule has 0 radical (unpaired) electrons. The largest absolute Gasteiger partial charge is 0.337 e. The number of benzene rings is 1. The average Bonchev–Trinajstić information content (AvgIpc) is 3.12. The van der Waals surface area contributed by atoms with Crippen molar-refractivity contribution in [3.05, 3.63) is 47.1 Å². The summed E-state index contributed by atoms with van der Waals surface area (Å²) in [6, 6.07) is 8.26. The SMILES string of the molecule is CCc1noc(CN(CC)C(=O)[C@@H]2Cc3ccccc3CN2CC)n1. The van der Waals surface area contributed by atoms with E-state index in [1.165, 1.54) is 11.1 Å². The second kappa shape index (κ2) is 7.78. The Morgan fingerprint density at radius 2 is 2.04 bits per heavy atom. The molecular formula is C19H26N4O2. The van der Waals surface area contributed by atoms with Gasteiger partial charge in [0.25, 0.3) is 0 Å². The molecule has 0 aliphatic carbocycles. The first-order valence-corrected chi connectivity index (χ1v) is 9.07. The Kier molecular flexibility index (Phi) is 5.48. The van der Waals surface area contributed by atoms with Crippen molar-refractivity contribution in [3.63, 3.8) is 0 Å². The van der Waals surface area contributed by atoms with Crippen LogP contribution in [0.5, 0.6) is 0 Å². The lowest BCUT2D eigenvalue weighted by Gasteiger charge is -2.37. The Hall–Kier alpha value is -2.21. The van der Waals surface area contributed by atoms with Gasteiger partial charge in [-0.05, 0) is 31.0 Å². The van der Waals surface area contributed by atoms with Crippen LogP contribution in [0, 0.1) is 0 Å². The third-order valence-electron chi connectivity index (χ3n) is 4.88. The van der Waals surface area contributed by atoms with E-state index in [-0.39, 0.29) is 11.9 Å². The molecule has 6 heteroatoms. The fourth-order valence-corrected chi connectivity index (χ4v) is 3.37. The lowest BCUT2D eigenvalue weighted by atomic mass is 9.93. The number of aromatic nitrogens is 2. The highest BCUT2D eigenvalue weighted by molar-refractivity contribution is 5.82. The number of amides is 1. The topological polar surface area (TPSA) is 62.5 Å². The fourth-order valence-electron chi connectivity index (χ4n) is 3.37. The Bertz CT molecular complexity index is 728. The summed E-state index contributed by atoms with van der Waals surface area (Å²) in [5.74, 6) is 1.32. The minimum atomic E-state index is -0.131. The number of nitrogens with zero attached hydrogens (tertiary/aromatic N) is 4. The maximum atomic E-state index is 13.2. The Labute approximate surface area is 148 Å². The highest BCUT2D eigenvalue weighted by Gasteiger charge is 2.33. The van der Waals surface area contributed by atoms with Gasteiger partial charge in [-0.3, -0.25) is 9.69 Å². The molecule has 2 heterocycles. The normalized spacial score (nSPS) is 17.3. The maximum absolute atomic E-state index is 13.2. The Morgan fingerprint density at radius 1 is 1.28 bits per heavy atom. The van der Waals surface area contributed by atoms with E-state index in [0.717, 1.165) is 25.9 Å². The monoisotopic (exact) mass is 342 g/mol. The summed E-state index contributed by atoms with van der Waals surface area (Å²) in [6.07, 6.45) is 1.48. The van der Waals surface area contributed by atoms with Crippen LogP contribution in [0.4, 0.5) is 0 Å². The average molecular weight is 342 g/mol. The molecule has 134 valence electrons. The van der Waals surface area contributed by atoms with Crippen molar-refractivity contribution in [3.8, 4) is 0 Å². The Morgan fingerprint density at radius 3 is 2.68 bits per heavy atom. The van der Waals surface area contributed by atoms with Crippen LogP contribution in [-0.4, -0.2) is 45.0 Å². The molecule has 25 heavy (non-hydrogen) atoms. The first-order valence-electron chi connectivity index (χ1n) is 9.07. The highest BCUT2D eigenvalue weighted by Crippen LogP contribution is 2.24. The number of hydrogen-bond acceptors (Lipinski definition) is 5.